The van der Waals surface area contributed by atoms with Crippen LogP contribution in [0.4, 0.5) is 0 Å². The summed E-state index contributed by atoms with van der Waals surface area (Å²) in [5.41, 5.74) is 0.242. The highest BCUT2D eigenvalue weighted by Crippen LogP contribution is 2.32. The maximum Gasteiger partial charge on any atom is 0.335 e. The van der Waals surface area contributed by atoms with Gasteiger partial charge in [-0.15, -0.1) is 0 Å². The Morgan fingerprint density at radius 1 is 1.58 bits per heavy atom. The summed E-state index contributed by atoms with van der Waals surface area (Å²) in [6.07, 6.45) is 2.39. The lowest BCUT2D eigenvalue weighted by Crippen LogP contribution is -2.38. The predicted octanol–water partition coefficient (Wildman–Crippen LogP) is 0.333. The highest BCUT2D eigenvalue weighted by atomic mass is 16.5. The second-order valence-electron chi connectivity index (χ2n) is 3.04. The Bertz CT molecular complexity index is 279. The number of hydrogen-bond acceptors (Lipinski definition) is 3. The van der Waals surface area contributed by atoms with E-state index in [1.807, 2.05) is 0 Å². The minimum atomic E-state index is -0.975. The first kappa shape index (κ1) is 7.34. The van der Waals surface area contributed by atoms with Gasteiger partial charge in [0.15, 0.2) is 0 Å². The standard InChI is InChI=1S/C8H8O4/c9-7(10)5-3-4-1-2-6(5)12-8(4)11/h3-4,6H,1-2H2,(H,9,10). The maximum absolute atomic E-state index is 11.0. The third-order valence-corrected chi connectivity index (χ3v) is 2.28. The number of carboxylic acid groups (broad SMARTS) is 1. The van der Waals surface area contributed by atoms with Gasteiger partial charge in [0, 0.05) is 0 Å². The monoisotopic (exact) mass is 168 g/mol. The van der Waals surface area contributed by atoms with Crippen LogP contribution in [0.2, 0.25) is 0 Å². The third-order valence-electron chi connectivity index (χ3n) is 2.28. The van der Waals surface area contributed by atoms with Crippen LogP contribution in [-0.2, 0) is 14.3 Å². The number of fused-ring (bicyclic) bond motifs is 2. The number of aliphatic carboxylic acids is 1. The van der Waals surface area contributed by atoms with E-state index in [2.05, 4.69) is 0 Å². The largest absolute Gasteiger partial charge is 0.478 e. The topological polar surface area (TPSA) is 63.6 Å². The predicted molar refractivity (Wildman–Crippen MR) is 38.3 cm³/mol. The fourth-order valence-corrected chi connectivity index (χ4v) is 1.64. The van der Waals surface area contributed by atoms with Crippen molar-refractivity contribution < 1.29 is 19.4 Å². The lowest BCUT2D eigenvalue weighted by molar-refractivity contribution is -0.159. The SMILES string of the molecule is O=C(O)C1=CC2CCC1OC2=O. The molecular formula is C8H8O4. The Morgan fingerprint density at radius 3 is 2.75 bits per heavy atom. The summed E-state index contributed by atoms with van der Waals surface area (Å²) in [6.45, 7) is 0. The third kappa shape index (κ3) is 0.913. The highest BCUT2D eigenvalue weighted by Gasteiger charge is 2.39. The average molecular weight is 168 g/mol. The second-order valence-corrected chi connectivity index (χ2v) is 3.04. The van der Waals surface area contributed by atoms with Crippen LogP contribution in [-0.4, -0.2) is 23.1 Å². The lowest BCUT2D eigenvalue weighted by Gasteiger charge is -2.32. The molecule has 2 heterocycles. The van der Waals surface area contributed by atoms with Crippen LogP contribution in [0.5, 0.6) is 0 Å². The van der Waals surface area contributed by atoms with E-state index >= 15 is 0 Å². The quantitative estimate of drug-likeness (QED) is 0.573. The highest BCUT2D eigenvalue weighted by molar-refractivity contribution is 5.92. The molecule has 1 N–H and O–H groups in total. The zero-order valence-electron chi connectivity index (χ0n) is 6.32. The smallest absolute Gasteiger partial charge is 0.335 e. The van der Waals surface area contributed by atoms with Crippen molar-refractivity contribution in [3.63, 3.8) is 0 Å². The molecular weight excluding hydrogens is 160 g/mol. The van der Waals surface area contributed by atoms with Crippen molar-refractivity contribution in [1.29, 1.82) is 0 Å². The minimum Gasteiger partial charge on any atom is -0.478 e. The summed E-state index contributed by atoms with van der Waals surface area (Å²) in [5.74, 6) is -1.57. The molecule has 2 atom stereocenters. The Balaban J connectivity index is 2.34. The van der Waals surface area contributed by atoms with E-state index in [9.17, 15) is 9.59 Å². The van der Waals surface area contributed by atoms with Crippen LogP contribution >= 0.6 is 0 Å². The number of rotatable bonds is 1. The van der Waals surface area contributed by atoms with Gasteiger partial charge in [-0.2, -0.15) is 0 Å². The fourth-order valence-electron chi connectivity index (χ4n) is 1.64. The first-order valence-electron chi connectivity index (χ1n) is 3.84. The molecule has 2 aliphatic heterocycles. The molecule has 0 aromatic rings. The Labute approximate surface area is 68.8 Å². The second kappa shape index (κ2) is 2.33. The number of esters is 1. The van der Waals surface area contributed by atoms with Crippen molar-refractivity contribution >= 4 is 11.9 Å². The van der Waals surface area contributed by atoms with E-state index in [4.69, 9.17) is 9.84 Å². The molecule has 1 fully saturated rings. The van der Waals surface area contributed by atoms with Crippen LogP contribution in [0.1, 0.15) is 12.8 Å². The first-order valence-corrected chi connectivity index (χ1v) is 3.84. The fraction of sp³-hybridized carbons (Fsp3) is 0.500. The van der Waals surface area contributed by atoms with E-state index in [0.717, 1.165) is 6.42 Å². The van der Waals surface area contributed by atoms with E-state index in [-0.39, 0.29) is 17.5 Å². The number of carbonyl (C=O) groups excluding carboxylic acids is 1. The molecule has 4 heteroatoms. The van der Waals surface area contributed by atoms with Crippen LogP contribution in [0.25, 0.3) is 0 Å². The number of carboxylic acids is 1. The van der Waals surface area contributed by atoms with Gasteiger partial charge in [0.2, 0.25) is 0 Å². The number of hydrogen-bond donors (Lipinski definition) is 1. The Kier molecular flexibility index (Phi) is 1.43. The van der Waals surface area contributed by atoms with Gasteiger partial charge in [-0.3, -0.25) is 4.79 Å². The van der Waals surface area contributed by atoms with Crippen LogP contribution in [0.15, 0.2) is 11.6 Å². The summed E-state index contributed by atoms with van der Waals surface area (Å²) in [4.78, 5) is 21.6. The van der Waals surface area contributed by atoms with E-state index in [1.165, 1.54) is 6.08 Å². The van der Waals surface area contributed by atoms with Crippen LogP contribution in [0, 0.1) is 5.92 Å². The molecule has 2 unspecified atom stereocenters. The molecule has 0 saturated carbocycles. The van der Waals surface area contributed by atoms with Crippen molar-refractivity contribution in [2.24, 2.45) is 5.92 Å². The minimum absolute atomic E-state index is 0.242. The summed E-state index contributed by atoms with van der Waals surface area (Å²) in [7, 11) is 0. The Morgan fingerprint density at radius 2 is 2.33 bits per heavy atom. The van der Waals surface area contributed by atoms with Gasteiger partial charge >= 0.3 is 11.9 Å². The summed E-state index contributed by atoms with van der Waals surface area (Å²) >= 11 is 0. The molecule has 64 valence electrons. The van der Waals surface area contributed by atoms with Crippen molar-refractivity contribution in [2.45, 2.75) is 18.9 Å². The molecule has 0 aromatic heterocycles. The summed E-state index contributed by atoms with van der Waals surface area (Å²) in [6, 6.07) is 0. The zero-order valence-corrected chi connectivity index (χ0v) is 6.32. The van der Waals surface area contributed by atoms with Gasteiger partial charge in [0.1, 0.15) is 6.10 Å². The molecule has 1 saturated heterocycles. The van der Waals surface area contributed by atoms with Crippen molar-refractivity contribution in [1.82, 2.24) is 0 Å². The van der Waals surface area contributed by atoms with Gasteiger partial charge in [-0.05, 0) is 12.8 Å². The van der Waals surface area contributed by atoms with Gasteiger partial charge < -0.3 is 9.84 Å². The van der Waals surface area contributed by atoms with Gasteiger partial charge in [0.05, 0.1) is 11.5 Å². The van der Waals surface area contributed by atoms with Gasteiger partial charge in [-0.1, -0.05) is 6.08 Å². The average Bonchev–Trinajstić information content (AvgIpc) is 2.04. The molecule has 12 heavy (non-hydrogen) atoms. The molecule has 1 aliphatic carbocycles. The van der Waals surface area contributed by atoms with Crippen molar-refractivity contribution in [2.75, 3.05) is 0 Å². The molecule has 3 aliphatic rings. The number of ether oxygens (including phenoxy) is 1. The first-order chi connectivity index (χ1) is 5.68. The van der Waals surface area contributed by atoms with Gasteiger partial charge in [-0.25, -0.2) is 4.79 Å². The van der Waals surface area contributed by atoms with Crippen molar-refractivity contribution in [3.05, 3.63) is 11.6 Å². The molecule has 0 aromatic carbocycles. The maximum atomic E-state index is 11.0. The Hall–Kier alpha value is -1.32. The summed E-state index contributed by atoms with van der Waals surface area (Å²) < 4.78 is 4.87. The van der Waals surface area contributed by atoms with Crippen molar-refractivity contribution in [3.8, 4) is 0 Å². The zero-order chi connectivity index (χ0) is 8.72. The number of carbonyl (C=O) groups is 2. The lowest BCUT2D eigenvalue weighted by atomic mass is 9.85. The molecule has 0 spiro atoms. The van der Waals surface area contributed by atoms with Gasteiger partial charge in [0.25, 0.3) is 0 Å². The van der Waals surface area contributed by atoms with E-state index in [0.29, 0.717) is 6.42 Å². The van der Waals surface area contributed by atoms with Crippen LogP contribution < -0.4 is 0 Å². The summed E-state index contributed by atoms with van der Waals surface area (Å²) in [5, 5.41) is 8.69. The molecule has 3 rings (SSSR count). The molecule has 2 bridgehead atoms. The molecule has 0 amide bonds. The molecule has 0 radical (unpaired) electrons. The normalized spacial score (nSPS) is 32.7. The van der Waals surface area contributed by atoms with Crippen LogP contribution in [0.3, 0.4) is 0 Å². The van der Waals surface area contributed by atoms with E-state index < -0.39 is 12.1 Å². The molecule has 4 nitrogen and oxygen atoms in total. The van der Waals surface area contributed by atoms with E-state index in [1.54, 1.807) is 0 Å².